The van der Waals surface area contributed by atoms with Gasteiger partial charge in [0.1, 0.15) is 17.3 Å². The molecule has 2 rings (SSSR count). The lowest BCUT2D eigenvalue weighted by Gasteiger charge is -2.04. The number of nitrogens with one attached hydrogen (secondary N) is 1. The monoisotopic (exact) mass is 234 g/mol. The van der Waals surface area contributed by atoms with Gasteiger partial charge in [-0.3, -0.25) is 9.78 Å². The average Bonchev–Trinajstić information content (AvgIpc) is 2.28. The molecule has 0 aliphatic carbocycles. The van der Waals surface area contributed by atoms with Gasteiger partial charge in [-0.15, -0.1) is 0 Å². The number of nitrogens with zero attached hydrogens (tertiary/aromatic N) is 1. The predicted molar refractivity (Wildman–Crippen MR) is 58.5 cm³/mol. The number of hydrogen-bond donors (Lipinski definition) is 1. The first-order chi connectivity index (χ1) is 8.15. The van der Waals surface area contributed by atoms with E-state index in [4.69, 9.17) is 0 Å². The molecule has 0 spiro atoms. The molecule has 0 fully saturated rings. The second kappa shape index (κ2) is 4.69. The van der Waals surface area contributed by atoms with E-state index in [0.717, 1.165) is 18.2 Å². The van der Waals surface area contributed by atoms with Gasteiger partial charge in [0.05, 0.1) is 0 Å². The largest absolute Gasteiger partial charge is 0.320 e. The Kier molecular flexibility index (Phi) is 3.09. The van der Waals surface area contributed by atoms with E-state index in [1.54, 1.807) is 12.1 Å². The maximum atomic E-state index is 12.9. The normalized spacial score (nSPS) is 10.0. The summed E-state index contributed by atoms with van der Waals surface area (Å²) in [5, 5.41) is 2.36. The van der Waals surface area contributed by atoms with E-state index in [0.29, 0.717) is 0 Å². The maximum absolute atomic E-state index is 12.9. The summed E-state index contributed by atoms with van der Waals surface area (Å²) < 4.78 is 25.7. The summed E-state index contributed by atoms with van der Waals surface area (Å²) in [5.74, 6) is -2.02. The third kappa shape index (κ3) is 2.84. The van der Waals surface area contributed by atoms with Crippen molar-refractivity contribution in [1.82, 2.24) is 4.98 Å². The van der Waals surface area contributed by atoms with Crippen molar-refractivity contribution in [2.24, 2.45) is 0 Å². The molecule has 2 aromatic rings. The lowest BCUT2D eigenvalue weighted by molar-refractivity contribution is 0.102. The molecule has 1 N–H and O–H groups in total. The Hall–Kier alpha value is -2.30. The molecule has 0 unspecified atom stereocenters. The van der Waals surface area contributed by atoms with Gasteiger partial charge < -0.3 is 5.32 Å². The van der Waals surface area contributed by atoms with Crippen LogP contribution in [0.2, 0.25) is 0 Å². The van der Waals surface area contributed by atoms with Crippen molar-refractivity contribution >= 4 is 11.6 Å². The Morgan fingerprint density at radius 1 is 1.12 bits per heavy atom. The SMILES string of the molecule is O=C(Nc1cc(F)cc(F)c1)c1ccccn1. The lowest BCUT2D eigenvalue weighted by atomic mass is 10.2. The molecule has 1 aromatic carbocycles. The molecule has 0 saturated heterocycles. The number of benzene rings is 1. The van der Waals surface area contributed by atoms with Crippen LogP contribution in [0.25, 0.3) is 0 Å². The van der Waals surface area contributed by atoms with E-state index < -0.39 is 17.5 Å². The molecular weight excluding hydrogens is 226 g/mol. The number of hydrogen-bond acceptors (Lipinski definition) is 2. The summed E-state index contributed by atoms with van der Waals surface area (Å²) >= 11 is 0. The first-order valence-electron chi connectivity index (χ1n) is 4.83. The third-order valence-corrected chi connectivity index (χ3v) is 2.02. The Morgan fingerprint density at radius 2 is 1.82 bits per heavy atom. The summed E-state index contributed by atoms with van der Waals surface area (Å²) in [6, 6.07) is 7.61. The van der Waals surface area contributed by atoms with Crippen LogP contribution in [0, 0.1) is 11.6 Å². The minimum absolute atomic E-state index is 0.0538. The number of amides is 1. The quantitative estimate of drug-likeness (QED) is 0.867. The van der Waals surface area contributed by atoms with Gasteiger partial charge >= 0.3 is 0 Å². The minimum atomic E-state index is -0.749. The Bertz CT molecular complexity index is 523. The maximum Gasteiger partial charge on any atom is 0.274 e. The van der Waals surface area contributed by atoms with Crippen molar-refractivity contribution in [2.45, 2.75) is 0 Å². The molecular formula is C12H8F2N2O. The number of carbonyl (C=O) groups excluding carboxylic acids is 1. The molecule has 0 radical (unpaired) electrons. The first kappa shape index (κ1) is 11.2. The highest BCUT2D eigenvalue weighted by Crippen LogP contribution is 2.13. The van der Waals surface area contributed by atoms with E-state index in [-0.39, 0.29) is 11.4 Å². The highest BCUT2D eigenvalue weighted by Gasteiger charge is 2.08. The number of carbonyl (C=O) groups is 1. The van der Waals surface area contributed by atoms with Crippen LogP contribution < -0.4 is 5.32 Å². The van der Waals surface area contributed by atoms with Crippen LogP contribution in [0.1, 0.15) is 10.5 Å². The molecule has 1 heterocycles. The zero-order valence-electron chi connectivity index (χ0n) is 8.65. The average molecular weight is 234 g/mol. The van der Waals surface area contributed by atoms with Crippen LogP contribution in [0.5, 0.6) is 0 Å². The van der Waals surface area contributed by atoms with Crippen LogP contribution in [0.15, 0.2) is 42.6 Å². The number of anilines is 1. The van der Waals surface area contributed by atoms with Gasteiger partial charge in [0.15, 0.2) is 0 Å². The third-order valence-electron chi connectivity index (χ3n) is 2.02. The lowest BCUT2D eigenvalue weighted by Crippen LogP contribution is -2.13. The van der Waals surface area contributed by atoms with Crippen molar-refractivity contribution in [1.29, 1.82) is 0 Å². The van der Waals surface area contributed by atoms with Crippen LogP contribution in [-0.2, 0) is 0 Å². The predicted octanol–water partition coefficient (Wildman–Crippen LogP) is 2.61. The topological polar surface area (TPSA) is 42.0 Å². The molecule has 17 heavy (non-hydrogen) atoms. The van der Waals surface area contributed by atoms with Crippen LogP contribution in [0.3, 0.4) is 0 Å². The standard InChI is InChI=1S/C12H8F2N2O/c13-8-5-9(14)7-10(6-8)16-12(17)11-3-1-2-4-15-11/h1-7H,(H,16,17). The van der Waals surface area contributed by atoms with Gasteiger partial charge in [-0.2, -0.15) is 0 Å². The van der Waals surface area contributed by atoms with Crippen molar-refractivity contribution < 1.29 is 13.6 Å². The fourth-order valence-electron chi connectivity index (χ4n) is 1.32. The van der Waals surface area contributed by atoms with Gasteiger partial charge in [-0.25, -0.2) is 8.78 Å². The number of rotatable bonds is 2. The number of aromatic nitrogens is 1. The zero-order chi connectivity index (χ0) is 12.3. The summed E-state index contributed by atoms with van der Waals surface area (Å²) in [6.45, 7) is 0. The second-order valence-corrected chi connectivity index (χ2v) is 3.33. The van der Waals surface area contributed by atoms with E-state index in [2.05, 4.69) is 10.3 Å². The van der Waals surface area contributed by atoms with Crippen molar-refractivity contribution in [3.8, 4) is 0 Å². The molecule has 1 aromatic heterocycles. The molecule has 5 heteroatoms. The van der Waals surface area contributed by atoms with Gasteiger partial charge in [0.25, 0.3) is 5.91 Å². The van der Waals surface area contributed by atoms with Crippen LogP contribution in [-0.4, -0.2) is 10.9 Å². The van der Waals surface area contributed by atoms with Gasteiger partial charge in [0, 0.05) is 18.0 Å². The molecule has 0 aliphatic heterocycles. The van der Waals surface area contributed by atoms with Gasteiger partial charge in [-0.05, 0) is 24.3 Å². The Labute approximate surface area is 96.1 Å². The molecule has 86 valence electrons. The Balaban J connectivity index is 2.19. The van der Waals surface area contributed by atoms with E-state index in [1.807, 2.05) is 0 Å². The minimum Gasteiger partial charge on any atom is -0.320 e. The molecule has 1 amide bonds. The van der Waals surface area contributed by atoms with Crippen LogP contribution in [0.4, 0.5) is 14.5 Å². The van der Waals surface area contributed by atoms with E-state index >= 15 is 0 Å². The molecule has 0 aliphatic rings. The number of pyridine rings is 1. The summed E-state index contributed by atoms with van der Waals surface area (Å²) in [4.78, 5) is 15.4. The summed E-state index contributed by atoms with van der Waals surface area (Å²) in [7, 11) is 0. The molecule has 0 atom stereocenters. The Morgan fingerprint density at radius 3 is 2.41 bits per heavy atom. The molecule has 0 saturated carbocycles. The summed E-state index contributed by atoms with van der Waals surface area (Å²) in [5.41, 5.74) is 0.232. The van der Waals surface area contributed by atoms with Crippen molar-refractivity contribution in [2.75, 3.05) is 5.32 Å². The van der Waals surface area contributed by atoms with Crippen molar-refractivity contribution in [3.05, 3.63) is 59.9 Å². The molecule has 3 nitrogen and oxygen atoms in total. The van der Waals surface area contributed by atoms with E-state index in [1.165, 1.54) is 12.3 Å². The fraction of sp³-hybridized carbons (Fsp3) is 0. The fourth-order valence-corrected chi connectivity index (χ4v) is 1.32. The molecule has 0 bridgehead atoms. The zero-order valence-corrected chi connectivity index (χ0v) is 8.65. The summed E-state index contributed by atoms with van der Waals surface area (Å²) in [6.07, 6.45) is 1.46. The highest BCUT2D eigenvalue weighted by molar-refractivity contribution is 6.02. The van der Waals surface area contributed by atoms with Crippen molar-refractivity contribution in [3.63, 3.8) is 0 Å². The smallest absolute Gasteiger partial charge is 0.274 e. The second-order valence-electron chi connectivity index (χ2n) is 3.33. The van der Waals surface area contributed by atoms with Gasteiger partial charge in [0.2, 0.25) is 0 Å². The van der Waals surface area contributed by atoms with Gasteiger partial charge in [-0.1, -0.05) is 6.07 Å². The highest BCUT2D eigenvalue weighted by atomic mass is 19.1. The van der Waals surface area contributed by atoms with E-state index in [9.17, 15) is 13.6 Å². The first-order valence-corrected chi connectivity index (χ1v) is 4.83. The number of halogens is 2. The van der Waals surface area contributed by atoms with Crippen LogP contribution >= 0.6 is 0 Å².